The molecule has 0 aromatic carbocycles. The SMILES string of the molecule is CNCCCN(C)C1CCC12CCCCC2. The summed E-state index contributed by atoms with van der Waals surface area (Å²) < 4.78 is 0. The van der Waals surface area contributed by atoms with E-state index in [0.29, 0.717) is 0 Å². The second kappa shape index (κ2) is 5.50. The van der Waals surface area contributed by atoms with Crippen molar-refractivity contribution in [3.63, 3.8) is 0 Å². The van der Waals surface area contributed by atoms with Crippen molar-refractivity contribution < 1.29 is 0 Å². The summed E-state index contributed by atoms with van der Waals surface area (Å²) >= 11 is 0. The van der Waals surface area contributed by atoms with Crippen LogP contribution >= 0.6 is 0 Å². The Morgan fingerprint density at radius 2 is 1.94 bits per heavy atom. The highest BCUT2D eigenvalue weighted by Crippen LogP contribution is 2.53. The lowest BCUT2D eigenvalue weighted by Gasteiger charge is -2.55. The van der Waals surface area contributed by atoms with Crippen LogP contribution in [0.4, 0.5) is 0 Å². The smallest absolute Gasteiger partial charge is 0.0149 e. The second-order valence-electron chi connectivity index (χ2n) is 5.92. The lowest BCUT2D eigenvalue weighted by atomic mass is 9.57. The van der Waals surface area contributed by atoms with Gasteiger partial charge in [-0.3, -0.25) is 0 Å². The van der Waals surface area contributed by atoms with Gasteiger partial charge < -0.3 is 10.2 Å². The molecule has 2 saturated carbocycles. The molecule has 1 N–H and O–H groups in total. The summed E-state index contributed by atoms with van der Waals surface area (Å²) in [5, 5.41) is 3.24. The van der Waals surface area contributed by atoms with Gasteiger partial charge in [0.2, 0.25) is 0 Å². The molecule has 0 amide bonds. The average molecular weight is 224 g/mol. The van der Waals surface area contributed by atoms with Gasteiger partial charge in [0.1, 0.15) is 0 Å². The minimum Gasteiger partial charge on any atom is -0.320 e. The first-order valence-electron chi connectivity index (χ1n) is 7.13. The Balaban J connectivity index is 1.79. The first kappa shape index (κ1) is 12.4. The van der Waals surface area contributed by atoms with Crippen LogP contribution in [-0.4, -0.2) is 38.1 Å². The van der Waals surface area contributed by atoms with Crippen molar-refractivity contribution in [2.24, 2.45) is 5.41 Å². The third kappa shape index (κ3) is 2.43. The Hall–Kier alpha value is -0.0800. The Morgan fingerprint density at radius 3 is 2.50 bits per heavy atom. The minimum absolute atomic E-state index is 0.743. The normalized spacial score (nSPS) is 28.3. The number of rotatable bonds is 5. The maximum Gasteiger partial charge on any atom is 0.0149 e. The Bertz CT molecular complexity index is 209. The van der Waals surface area contributed by atoms with Crippen LogP contribution in [0.2, 0.25) is 0 Å². The predicted molar refractivity (Wildman–Crippen MR) is 69.7 cm³/mol. The van der Waals surface area contributed by atoms with Crippen LogP contribution in [0.5, 0.6) is 0 Å². The average Bonchev–Trinajstić information content (AvgIpc) is 2.29. The van der Waals surface area contributed by atoms with Crippen molar-refractivity contribution in [2.45, 2.75) is 57.4 Å². The van der Waals surface area contributed by atoms with Gasteiger partial charge in [0.15, 0.2) is 0 Å². The summed E-state index contributed by atoms with van der Waals surface area (Å²) in [6.07, 6.45) is 11.7. The summed E-state index contributed by atoms with van der Waals surface area (Å²) in [4.78, 5) is 2.64. The van der Waals surface area contributed by atoms with E-state index < -0.39 is 0 Å². The Labute approximate surface area is 101 Å². The van der Waals surface area contributed by atoms with Crippen molar-refractivity contribution in [1.82, 2.24) is 10.2 Å². The molecule has 0 heterocycles. The zero-order valence-electron chi connectivity index (χ0n) is 11.1. The van der Waals surface area contributed by atoms with Crippen LogP contribution in [0.3, 0.4) is 0 Å². The lowest BCUT2D eigenvalue weighted by Crippen LogP contribution is -2.55. The molecule has 2 rings (SSSR count). The van der Waals surface area contributed by atoms with E-state index in [9.17, 15) is 0 Å². The van der Waals surface area contributed by atoms with Gasteiger partial charge in [-0.05, 0) is 64.7 Å². The van der Waals surface area contributed by atoms with E-state index in [0.717, 1.165) is 18.0 Å². The molecule has 2 aliphatic rings. The fraction of sp³-hybridized carbons (Fsp3) is 1.00. The van der Waals surface area contributed by atoms with Crippen LogP contribution in [0.25, 0.3) is 0 Å². The Morgan fingerprint density at radius 1 is 1.19 bits per heavy atom. The zero-order valence-corrected chi connectivity index (χ0v) is 11.1. The van der Waals surface area contributed by atoms with Crippen LogP contribution in [0, 0.1) is 5.41 Å². The van der Waals surface area contributed by atoms with Gasteiger partial charge in [0.05, 0.1) is 0 Å². The van der Waals surface area contributed by atoms with Crippen LogP contribution in [0.1, 0.15) is 51.4 Å². The Kier molecular flexibility index (Phi) is 4.26. The van der Waals surface area contributed by atoms with E-state index >= 15 is 0 Å². The van der Waals surface area contributed by atoms with E-state index in [4.69, 9.17) is 0 Å². The highest BCUT2D eigenvalue weighted by molar-refractivity contribution is 5.01. The number of nitrogens with zero attached hydrogens (tertiary/aromatic N) is 1. The minimum atomic E-state index is 0.743. The summed E-state index contributed by atoms with van der Waals surface area (Å²) in [6, 6.07) is 0.907. The first-order valence-corrected chi connectivity index (χ1v) is 7.13. The molecule has 0 aliphatic heterocycles. The number of nitrogens with one attached hydrogen (secondary N) is 1. The van der Waals surface area contributed by atoms with Crippen LogP contribution in [-0.2, 0) is 0 Å². The molecule has 2 fully saturated rings. The van der Waals surface area contributed by atoms with Gasteiger partial charge in [-0.15, -0.1) is 0 Å². The van der Waals surface area contributed by atoms with E-state index in [1.165, 1.54) is 57.9 Å². The van der Waals surface area contributed by atoms with E-state index in [1.54, 1.807) is 0 Å². The molecule has 0 bridgehead atoms. The highest BCUT2D eigenvalue weighted by atomic mass is 15.2. The molecule has 2 heteroatoms. The lowest BCUT2D eigenvalue weighted by molar-refractivity contribution is -0.0419. The molecule has 0 radical (unpaired) electrons. The van der Waals surface area contributed by atoms with Gasteiger partial charge in [0, 0.05) is 6.04 Å². The number of hydrogen-bond acceptors (Lipinski definition) is 2. The van der Waals surface area contributed by atoms with E-state index in [-0.39, 0.29) is 0 Å². The van der Waals surface area contributed by atoms with Crippen LogP contribution in [0.15, 0.2) is 0 Å². The van der Waals surface area contributed by atoms with Crippen molar-refractivity contribution in [1.29, 1.82) is 0 Å². The van der Waals surface area contributed by atoms with Crippen molar-refractivity contribution in [3.8, 4) is 0 Å². The molecule has 2 nitrogen and oxygen atoms in total. The van der Waals surface area contributed by atoms with Crippen LogP contribution < -0.4 is 5.32 Å². The van der Waals surface area contributed by atoms with Gasteiger partial charge >= 0.3 is 0 Å². The molecule has 0 aromatic heterocycles. The zero-order chi connectivity index (χ0) is 11.4. The highest BCUT2D eigenvalue weighted by Gasteiger charge is 2.48. The molecule has 1 spiro atoms. The predicted octanol–water partition coefficient (Wildman–Crippen LogP) is 2.64. The second-order valence-corrected chi connectivity index (χ2v) is 5.92. The van der Waals surface area contributed by atoms with Crippen molar-refractivity contribution in [2.75, 3.05) is 27.2 Å². The molecular formula is C14H28N2. The molecule has 0 saturated heterocycles. The molecule has 16 heavy (non-hydrogen) atoms. The summed E-state index contributed by atoms with van der Waals surface area (Å²) in [5.41, 5.74) is 0.743. The standard InChI is InChI=1S/C14H28N2/c1-15-11-6-12-16(2)13-7-10-14(13)8-4-3-5-9-14/h13,15H,3-12H2,1-2H3. The topological polar surface area (TPSA) is 15.3 Å². The molecule has 1 unspecified atom stereocenters. The molecule has 0 aromatic rings. The van der Waals surface area contributed by atoms with Gasteiger partial charge in [-0.25, -0.2) is 0 Å². The van der Waals surface area contributed by atoms with Crippen molar-refractivity contribution in [3.05, 3.63) is 0 Å². The fourth-order valence-corrected chi connectivity index (χ4v) is 3.87. The quantitative estimate of drug-likeness (QED) is 0.722. The molecule has 2 aliphatic carbocycles. The summed E-state index contributed by atoms with van der Waals surface area (Å²) in [5.74, 6) is 0. The van der Waals surface area contributed by atoms with Gasteiger partial charge in [-0.2, -0.15) is 0 Å². The third-order valence-corrected chi connectivity index (χ3v) is 4.94. The molecule has 1 atom stereocenters. The summed E-state index contributed by atoms with van der Waals surface area (Å²) in [6.45, 7) is 2.43. The first-order chi connectivity index (χ1) is 7.78. The maximum absolute atomic E-state index is 3.24. The van der Waals surface area contributed by atoms with Gasteiger partial charge in [-0.1, -0.05) is 19.3 Å². The molecular weight excluding hydrogens is 196 g/mol. The molecule has 94 valence electrons. The fourth-order valence-electron chi connectivity index (χ4n) is 3.87. The third-order valence-electron chi connectivity index (χ3n) is 4.94. The number of hydrogen-bond donors (Lipinski definition) is 1. The van der Waals surface area contributed by atoms with Gasteiger partial charge in [0.25, 0.3) is 0 Å². The van der Waals surface area contributed by atoms with E-state index in [2.05, 4.69) is 17.3 Å². The summed E-state index contributed by atoms with van der Waals surface area (Å²) in [7, 11) is 4.39. The largest absolute Gasteiger partial charge is 0.320 e. The monoisotopic (exact) mass is 224 g/mol. The maximum atomic E-state index is 3.24. The van der Waals surface area contributed by atoms with Crippen molar-refractivity contribution >= 4 is 0 Å². The van der Waals surface area contributed by atoms with E-state index in [1.807, 2.05) is 7.05 Å².